The van der Waals surface area contributed by atoms with E-state index in [-0.39, 0.29) is 0 Å². The molecule has 20 heavy (non-hydrogen) atoms. The number of hydrogen-bond acceptors (Lipinski definition) is 2. The highest BCUT2D eigenvalue weighted by atomic mass is 35.5. The summed E-state index contributed by atoms with van der Waals surface area (Å²) in [7, 11) is 0. The van der Waals surface area contributed by atoms with Crippen LogP contribution >= 0.6 is 23.8 Å². The number of urea groups is 1. The van der Waals surface area contributed by atoms with Gasteiger partial charge in [0, 0.05) is 16.3 Å². The Labute approximate surface area is 128 Å². The summed E-state index contributed by atoms with van der Waals surface area (Å²) in [5, 5.41) is 5.85. The topological polar surface area (TPSA) is 41.1 Å². The Morgan fingerprint density at radius 1 is 1.15 bits per heavy atom. The molecule has 0 heterocycles. The Bertz CT molecular complexity index is 641. The average molecular weight is 305 g/mol. The number of carbonyl (C=O) groups excluding carboxylic acids is 1. The maximum atomic E-state index is 11.8. The molecule has 0 unspecified atom stereocenters. The molecule has 0 saturated carbocycles. The lowest BCUT2D eigenvalue weighted by Crippen LogP contribution is -2.33. The van der Waals surface area contributed by atoms with Crippen LogP contribution in [0.3, 0.4) is 0 Å². The van der Waals surface area contributed by atoms with Gasteiger partial charge in [0.2, 0.25) is 0 Å². The fourth-order valence-electron chi connectivity index (χ4n) is 1.61. The second-order valence-corrected chi connectivity index (χ2v) is 5.13. The van der Waals surface area contributed by atoms with Crippen molar-refractivity contribution in [1.82, 2.24) is 5.32 Å². The number of halogens is 1. The third-order valence-corrected chi connectivity index (χ3v) is 3.20. The zero-order chi connectivity index (χ0) is 14.5. The average Bonchev–Trinajstić information content (AvgIpc) is 2.39. The number of anilines is 1. The van der Waals surface area contributed by atoms with Gasteiger partial charge in [-0.05, 0) is 25.1 Å². The summed E-state index contributed by atoms with van der Waals surface area (Å²) in [4.78, 5) is 12.2. The summed E-state index contributed by atoms with van der Waals surface area (Å²) in [5.74, 6) is 0. The smallest absolute Gasteiger partial charge is 0.308 e. The Morgan fingerprint density at radius 2 is 1.85 bits per heavy atom. The SMILES string of the molecule is Cc1ccc(C(=S)NC(=O)Nc2cccc(Cl)c2)cc1. The predicted octanol–water partition coefficient (Wildman–Crippen LogP) is 4.15. The minimum atomic E-state index is -0.391. The van der Waals surface area contributed by atoms with E-state index in [0.29, 0.717) is 15.7 Å². The van der Waals surface area contributed by atoms with Gasteiger partial charge < -0.3 is 5.32 Å². The van der Waals surface area contributed by atoms with E-state index in [1.165, 1.54) is 0 Å². The van der Waals surface area contributed by atoms with Crippen LogP contribution in [-0.2, 0) is 0 Å². The molecule has 2 amide bonds. The highest BCUT2D eigenvalue weighted by Gasteiger charge is 2.06. The van der Waals surface area contributed by atoms with Crippen molar-refractivity contribution in [3.63, 3.8) is 0 Å². The largest absolute Gasteiger partial charge is 0.324 e. The van der Waals surface area contributed by atoms with Gasteiger partial charge in [-0.15, -0.1) is 0 Å². The van der Waals surface area contributed by atoms with Crippen molar-refractivity contribution in [2.45, 2.75) is 6.92 Å². The maximum Gasteiger partial charge on any atom is 0.324 e. The zero-order valence-electron chi connectivity index (χ0n) is 10.8. The Kier molecular flexibility index (Phi) is 4.71. The van der Waals surface area contributed by atoms with Crippen LogP contribution < -0.4 is 10.6 Å². The van der Waals surface area contributed by atoms with Gasteiger partial charge in [-0.3, -0.25) is 5.32 Å². The van der Waals surface area contributed by atoms with Gasteiger partial charge in [0.1, 0.15) is 4.99 Å². The molecule has 0 atom stereocenters. The molecule has 102 valence electrons. The first-order valence-electron chi connectivity index (χ1n) is 5.99. The number of amides is 2. The molecule has 2 aromatic carbocycles. The van der Waals surface area contributed by atoms with E-state index < -0.39 is 6.03 Å². The molecular formula is C15H13ClN2OS. The number of rotatable bonds is 2. The van der Waals surface area contributed by atoms with E-state index in [1.807, 2.05) is 31.2 Å². The van der Waals surface area contributed by atoms with Crippen LogP contribution in [0.2, 0.25) is 5.02 Å². The molecule has 0 radical (unpaired) electrons. The Hall–Kier alpha value is -1.91. The lowest BCUT2D eigenvalue weighted by atomic mass is 10.1. The normalized spacial score (nSPS) is 9.90. The molecule has 0 spiro atoms. The van der Waals surface area contributed by atoms with Crippen LogP contribution in [-0.4, -0.2) is 11.0 Å². The Balaban J connectivity index is 1.97. The van der Waals surface area contributed by atoms with Crippen molar-refractivity contribution in [1.29, 1.82) is 0 Å². The van der Waals surface area contributed by atoms with Crippen molar-refractivity contribution in [2.75, 3.05) is 5.32 Å². The number of hydrogen-bond donors (Lipinski definition) is 2. The van der Waals surface area contributed by atoms with Crippen molar-refractivity contribution in [3.05, 3.63) is 64.7 Å². The van der Waals surface area contributed by atoms with E-state index in [2.05, 4.69) is 10.6 Å². The summed E-state index contributed by atoms with van der Waals surface area (Å²) in [6.07, 6.45) is 0. The molecule has 3 nitrogen and oxygen atoms in total. The molecule has 0 aliphatic heterocycles. The molecule has 0 aromatic heterocycles. The molecule has 2 N–H and O–H groups in total. The maximum absolute atomic E-state index is 11.8. The van der Waals surface area contributed by atoms with Gasteiger partial charge in [-0.25, -0.2) is 4.79 Å². The molecule has 5 heteroatoms. The minimum Gasteiger partial charge on any atom is -0.308 e. The molecule has 0 bridgehead atoms. The Morgan fingerprint density at radius 3 is 2.50 bits per heavy atom. The van der Waals surface area contributed by atoms with Gasteiger partial charge in [0.15, 0.2) is 0 Å². The van der Waals surface area contributed by atoms with Gasteiger partial charge in [0.05, 0.1) is 0 Å². The summed E-state index contributed by atoms with van der Waals surface area (Å²) in [5.41, 5.74) is 2.55. The highest BCUT2D eigenvalue weighted by molar-refractivity contribution is 7.80. The minimum absolute atomic E-state index is 0.379. The van der Waals surface area contributed by atoms with E-state index in [1.54, 1.807) is 24.3 Å². The summed E-state index contributed by atoms with van der Waals surface area (Å²) < 4.78 is 0. The fourth-order valence-corrected chi connectivity index (χ4v) is 2.03. The predicted molar refractivity (Wildman–Crippen MR) is 86.5 cm³/mol. The molecular weight excluding hydrogens is 292 g/mol. The van der Waals surface area contributed by atoms with Gasteiger partial charge in [-0.1, -0.05) is 59.7 Å². The van der Waals surface area contributed by atoms with Crippen LogP contribution in [0, 0.1) is 6.92 Å². The van der Waals surface area contributed by atoms with Crippen molar-refractivity contribution >= 4 is 40.5 Å². The van der Waals surface area contributed by atoms with E-state index in [4.69, 9.17) is 23.8 Å². The highest BCUT2D eigenvalue weighted by Crippen LogP contribution is 2.14. The molecule has 0 aliphatic rings. The molecule has 0 aliphatic carbocycles. The summed E-state index contributed by atoms with van der Waals surface area (Å²) in [6.45, 7) is 1.99. The fraction of sp³-hybridized carbons (Fsp3) is 0.0667. The third-order valence-electron chi connectivity index (χ3n) is 2.62. The van der Waals surface area contributed by atoms with Gasteiger partial charge in [0.25, 0.3) is 0 Å². The monoisotopic (exact) mass is 304 g/mol. The number of benzene rings is 2. The first kappa shape index (κ1) is 14.5. The van der Waals surface area contributed by atoms with Crippen LogP contribution in [0.4, 0.5) is 10.5 Å². The van der Waals surface area contributed by atoms with E-state index in [0.717, 1.165) is 11.1 Å². The lowest BCUT2D eigenvalue weighted by molar-refractivity contribution is 0.256. The van der Waals surface area contributed by atoms with E-state index >= 15 is 0 Å². The summed E-state index contributed by atoms with van der Waals surface area (Å²) in [6, 6.07) is 14.2. The number of nitrogens with one attached hydrogen (secondary N) is 2. The quantitative estimate of drug-likeness (QED) is 0.819. The second kappa shape index (κ2) is 6.50. The van der Waals surface area contributed by atoms with Crippen LogP contribution in [0.1, 0.15) is 11.1 Å². The summed E-state index contributed by atoms with van der Waals surface area (Å²) >= 11 is 11.0. The molecule has 0 fully saturated rings. The molecule has 2 rings (SSSR count). The van der Waals surface area contributed by atoms with E-state index in [9.17, 15) is 4.79 Å². The zero-order valence-corrected chi connectivity index (χ0v) is 12.4. The number of thiocarbonyl (C=S) groups is 1. The van der Waals surface area contributed by atoms with Crippen molar-refractivity contribution < 1.29 is 4.79 Å². The van der Waals surface area contributed by atoms with Crippen molar-refractivity contribution in [2.24, 2.45) is 0 Å². The molecule has 0 saturated heterocycles. The third kappa shape index (κ3) is 4.05. The number of aryl methyl sites for hydroxylation is 1. The van der Waals surface area contributed by atoms with Crippen LogP contribution in [0.25, 0.3) is 0 Å². The van der Waals surface area contributed by atoms with Crippen molar-refractivity contribution in [3.8, 4) is 0 Å². The van der Waals surface area contributed by atoms with Crippen LogP contribution in [0.15, 0.2) is 48.5 Å². The standard InChI is InChI=1S/C15H13ClN2OS/c1-10-5-7-11(8-6-10)14(20)18-15(19)17-13-4-2-3-12(16)9-13/h2-9H,1H3,(H2,17,18,19,20). The van der Waals surface area contributed by atoms with Crippen LogP contribution in [0.5, 0.6) is 0 Å². The molecule has 2 aromatic rings. The first-order valence-corrected chi connectivity index (χ1v) is 6.78. The second-order valence-electron chi connectivity index (χ2n) is 4.28. The lowest BCUT2D eigenvalue weighted by Gasteiger charge is -2.09. The number of carbonyl (C=O) groups is 1. The van der Waals surface area contributed by atoms with Gasteiger partial charge in [-0.2, -0.15) is 0 Å². The van der Waals surface area contributed by atoms with Gasteiger partial charge >= 0.3 is 6.03 Å². The first-order chi connectivity index (χ1) is 9.54.